The number of hydrogen-bond donors (Lipinski definition) is 1. The number of fused-ring (bicyclic) bond motifs is 1. The predicted octanol–water partition coefficient (Wildman–Crippen LogP) is 3.41. The van der Waals surface area contributed by atoms with Crippen LogP contribution in [0.15, 0.2) is 42.2 Å². The summed E-state index contributed by atoms with van der Waals surface area (Å²) < 4.78 is 16.3. The molecule has 1 aliphatic rings. The molecule has 6 heteroatoms. The van der Waals surface area contributed by atoms with E-state index in [2.05, 4.69) is 4.90 Å². The second kappa shape index (κ2) is 9.69. The van der Waals surface area contributed by atoms with Crippen LogP contribution in [-0.4, -0.2) is 56.3 Å². The number of benzene rings is 2. The first-order valence-electron chi connectivity index (χ1n) is 9.60. The molecule has 3 rings (SSSR count). The van der Waals surface area contributed by atoms with Gasteiger partial charge in [-0.05, 0) is 36.3 Å². The van der Waals surface area contributed by atoms with Gasteiger partial charge in [0, 0.05) is 33.9 Å². The standard InChI is InChI=1S/C23H27NO5/c1-16-6-4-5-7-17(16)14-21-22(26)18-8-9-20(25)19(23(18)29-21)15-24(10-12-27-2)11-13-28-3/h4-9,14,25H,10-13,15H2,1-3H3/b21-14+. The fraction of sp³-hybridized carbons (Fsp3) is 0.348. The first-order chi connectivity index (χ1) is 14.0. The van der Waals surface area contributed by atoms with Crippen molar-refractivity contribution in [3.05, 3.63) is 64.4 Å². The molecule has 6 nitrogen and oxygen atoms in total. The van der Waals surface area contributed by atoms with E-state index in [1.165, 1.54) is 0 Å². The van der Waals surface area contributed by atoms with Crippen molar-refractivity contribution < 1.29 is 24.1 Å². The van der Waals surface area contributed by atoms with Crippen molar-refractivity contribution in [3.63, 3.8) is 0 Å². The zero-order valence-electron chi connectivity index (χ0n) is 17.1. The summed E-state index contributed by atoms with van der Waals surface area (Å²) in [5.74, 6) is 0.620. The van der Waals surface area contributed by atoms with Gasteiger partial charge in [-0.3, -0.25) is 9.69 Å². The highest BCUT2D eigenvalue weighted by Crippen LogP contribution is 2.40. The number of aryl methyl sites for hydroxylation is 1. The van der Waals surface area contributed by atoms with Gasteiger partial charge in [0.15, 0.2) is 5.76 Å². The number of ether oxygens (including phenoxy) is 3. The maximum Gasteiger partial charge on any atom is 0.231 e. The average Bonchev–Trinajstić information content (AvgIpc) is 3.03. The highest BCUT2D eigenvalue weighted by atomic mass is 16.5. The van der Waals surface area contributed by atoms with Crippen molar-refractivity contribution in [2.75, 3.05) is 40.5 Å². The topological polar surface area (TPSA) is 68.2 Å². The first kappa shape index (κ1) is 21.0. The summed E-state index contributed by atoms with van der Waals surface area (Å²) in [6, 6.07) is 11.0. The van der Waals surface area contributed by atoms with Crippen molar-refractivity contribution in [1.82, 2.24) is 4.90 Å². The number of ketones is 1. The Labute approximate surface area is 171 Å². The zero-order valence-corrected chi connectivity index (χ0v) is 17.1. The molecule has 0 saturated heterocycles. The molecule has 1 aliphatic heterocycles. The van der Waals surface area contributed by atoms with Gasteiger partial charge in [-0.2, -0.15) is 0 Å². The lowest BCUT2D eigenvalue weighted by molar-refractivity contribution is 0.101. The van der Waals surface area contributed by atoms with Crippen LogP contribution in [0.5, 0.6) is 11.5 Å². The van der Waals surface area contributed by atoms with E-state index in [4.69, 9.17) is 14.2 Å². The molecule has 154 valence electrons. The molecule has 0 fully saturated rings. The lowest BCUT2D eigenvalue weighted by Gasteiger charge is -2.23. The van der Waals surface area contributed by atoms with Gasteiger partial charge in [-0.1, -0.05) is 24.3 Å². The quantitative estimate of drug-likeness (QED) is 0.654. The number of carbonyl (C=O) groups is 1. The van der Waals surface area contributed by atoms with Gasteiger partial charge in [0.1, 0.15) is 11.5 Å². The Bertz CT molecular complexity index is 898. The molecule has 1 N–H and O–H groups in total. The third kappa shape index (κ3) is 4.85. The number of Topliss-reactive ketones (excluding diaryl/α,β-unsaturated/α-hetero) is 1. The maximum absolute atomic E-state index is 12.9. The van der Waals surface area contributed by atoms with E-state index in [0.29, 0.717) is 49.7 Å². The summed E-state index contributed by atoms with van der Waals surface area (Å²) in [5, 5.41) is 10.5. The van der Waals surface area contributed by atoms with Crippen molar-refractivity contribution in [3.8, 4) is 11.5 Å². The molecular weight excluding hydrogens is 370 g/mol. The lowest BCUT2D eigenvalue weighted by Crippen LogP contribution is -2.30. The normalized spacial score (nSPS) is 14.5. The fourth-order valence-electron chi connectivity index (χ4n) is 3.27. The largest absolute Gasteiger partial charge is 0.507 e. The number of methoxy groups -OCH3 is 2. The number of rotatable bonds is 9. The van der Waals surface area contributed by atoms with E-state index < -0.39 is 0 Å². The van der Waals surface area contributed by atoms with Gasteiger partial charge in [0.05, 0.1) is 24.3 Å². The molecule has 0 spiro atoms. The van der Waals surface area contributed by atoms with Crippen LogP contribution in [0.2, 0.25) is 0 Å². The van der Waals surface area contributed by atoms with E-state index in [1.54, 1.807) is 32.4 Å². The fourth-order valence-corrected chi connectivity index (χ4v) is 3.27. The minimum atomic E-state index is -0.176. The highest BCUT2D eigenvalue weighted by Gasteiger charge is 2.31. The third-order valence-corrected chi connectivity index (χ3v) is 5.00. The molecule has 0 unspecified atom stereocenters. The summed E-state index contributed by atoms with van der Waals surface area (Å²) in [7, 11) is 3.30. The summed E-state index contributed by atoms with van der Waals surface area (Å²) in [6.45, 7) is 4.85. The van der Waals surface area contributed by atoms with Crippen molar-refractivity contribution >= 4 is 11.9 Å². The van der Waals surface area contributed by atoms with Crippen LogP contribution in [0.25, 0.3) is 6.08 Å². The number of aromatic hydroxyl groups is 1. The van der Waals surface area contributed by atoms with Gasteiger partial charge in [0.2, 0.25) is 5.78 Å². The molecule has 0 amide bonds. The number of phenolic OH excluding ortho intramolecular Hbond substituents is 1. The Morgan fingerprint density at radius 1 is 1.07 bits per heavy atom. The molecule has 0 aromatic heterocycles. The number of phenols is 1. The Kier molecular flexibility index (Phi) is 7.04. The number of hydrogen-bond acceptors (Lipinski definition) is 6. The Hall–Kier alpha value is -2.67. The zero-order chi connectivity index (χ0) is 20.8. The van der Waals surface area contributed by atoms with Crippen LogP contribution >= 0.6 is 0 Å². The Balaban J connectivity index is 1.90. The van der Waals surface area contributed by atoms with E-state index in [9.17, 15) is 9.90 Å². The summed E-state index contributed by atoms with van der Waals surface area (Å²) in [6.07, 6.45) is 1.76. The molecule has 1 heterocycles. The predicted molar refractivity (Wildman–Crippen MR) is 111 cm³/mol. The van der Waals surface area contributed by atoms with Gasteiger partial charge >= 0.3 is 0 Å². The van der Waals surface area contributed by atoms with Crippen LogP contribution in [0, 0.1) is 6.92 Å². The summed E-state index contributed by atoms with van der Waals surface area (Å²) in [5.41, 5.74) is 3.05. The van der Waals surface area contributed by atoms with Crippen LogP contribution in [-0.2, 0) is 16.0 Å². The molecule has 29 heavy (non-hydrogen) atoms. The molecule has 2 aromatic carbocycles. The maximum atomic E-state index is 12.9. The van der Waals surface area contributed by atoms with Crippen molar-refractivity contribution in [2.45, 2.75) is 13.5 Å². The summed E-state index contributed by atoms with van der Waals surface area (Å²) >= 11 is 0. The van der Waals surface area contributed by atoms with Gasteiger partial charge in [-0.15, -0.1) is 0 Å². The van der Waals surface area contributed by atoms with Crippen LogP contribution < -0.4 is 4.74 Å². The smallest absolute Gasteiger partial charge is 0.231 e. The second-order valence-corrected chi connectivity index (χ2v) is 7.00. The average molecular weight is 397 g/mol. The van der Waals surface area contributed by atoms with Gasteiger partial charge in [-0.25, -0.2) is 0 Å². The second-order valence-electron chi connectivity index (χ2n) is 7.00. The molecule has 0 atom stereocenters. The molecule has 0 bridgehead atoms. The van der Waals surface area contributed by atoms with Crippen molar-refractivity contribution in [1.29, 1.82) is 0 Å². The van der Waals surface area contributed by atoms with E-state index in [-0.39, 0.29) is 17.3 Å². The minimum Gasteiger partial charge on any atom is -0.507 e. The molecule has 2 aromatic rings. The first-order valence-corrected chi connectivity index (χ1v) is 9.60. The highest BCUT2D eigenvalue weighted by molar-refractivity contribution is 6.15. The Morgan fingerprint density at radius 2 is 1.76 bits per heavy atom. The van der Waals surface area contributed by atoms with Gasteiger partial charge < -0.3 is 19.3 Å². The van der Waals surface area contributed by atoms with E-state index in [0.717, 1.165) is 11.1 Å². The van der Waals surface area contributed by atoms with Crippen LogP contribution in [0.4, 0.5) is 0 Å². The van der Waals surface area contributed by atoms with Crippen molar-refractivity contribution in [2.24, 2.45) is 0 Å². The number of carbonyl (C=O) groups excluding carboxylic acids is 1. The van der Waals surface area contributed by atoms with E-state index in [1.807, 2.05) is 31.2 Å². The number of nitrogens with zero attached hydrogens (tertiary/aromatic N) is 1. The van der Waals surface area contributed by atoms with Crippen LogP contribution in [0.1, 0.15) is 27.0 Å². The molecule has 0 aliphatic carbocycles. The summed E-state index contributed by atoms with van der Waals surface area (Å²) in [4.78, 5) is 15.0. The molecule has 0 saturated carbocycles. The monoisotopic (exact) mass is 397 g/mol. The minimum absolute atomic E-state index is 0.105. The SMILES string of the molecule is COCCN(CCOC)Cc1c(O)ccc2c1O/C(=C/c1ccccc1C)C2=O. The van der Waals surface area contributed by atoms with E-state index >= 15 is 0 Å². The Morgan fingerprint density at radius 3 is 2.41 bits per heavy atom. The van der Waals surface area contributed by atoms with Crippen LogP contribution in [0.3, 0.4) is 0 Å². The molecular formula is C23H27NO5. The van der Waals surface area contributed by atoms with Gasteiger partial charge in [0.25, 0.3) is 0 Å². The lowest BCUT2D eigenvalue weighted by atomic mass is 10.0. The third-order valence-electron chi connectivity index (χ3n) is 5.00. The molecule has 0 radical (unpaired) electrons. The number of allylic oxidation sites excluding steroid dienone is 1.